The van der Waals surface area contributed by atoms with Crippen LogP contribution in [0.4, 0.5) is 15.9 Å². The van der Waals surface area contributed by atoms with Crippen LogP contribution in [0.5, 0.6) is 0 Å². The number of thiol groups is 1. The minimum atomic E-state index is 0.0937. The summed E-state index contributed by atoms with van der Waals surface area (Å²) in [6, 6.07) is 5.27. The molecule has 0 saturated heterocycles. The van der Waals surface area contributed by atoms with Crippen molar-refractivity contribution < 1.29 is 4.48 Å². The maximum Gasteiger partial charge on any atom is 0.108 e. The van der Waals surface area contributed by atoms with Gasteiger partial charge in [-0.2, -0.15) is 0 Å². The Morgan fingerprint density at radius 1 is 1.30 bits per heavy atom. The molecule has 0 radical (unpaired) electrons. The summed E-state index contributed by atoms with van der Waals surface area (Å²) in [6.45, 7) is 11.0. The molecule has 0 aliphatic rings. The number of rotatable bonds is 6. The maximum absolute atomic E-state index is 14.3. The van der Waals surface area contributed by atoms with Crippen molar-refractivity contribution in [2.45, 2.75) is 37.6 Å². The molecule has 0 bridgehead atoms. The van der Waals surface area contributed by atoms with Gasteiger partial charge in [-0.15, -0.1) is 12.6 Å². The standard InChI is InChI=1S/C15H24FN3S/c1-15(2,3)18(5)10-7-11-19(16)14-12(17-4)8-6-9-13(14)20/h6,8-9,20H,4,7,10-11H2,1-3,5H3. The van der Waals surface area contributed by atoms with Crippen molar-refractivity contribution in [1.29, 1.82) is 0 Å². The molecule has 112 valence electrons. The zero-order valence-electron chi connectivity index (χ0n) is 12.7. The van der Waals surface area contributed by atoms with E-state index in [1.807, 2.05) is 7.05 Å². The summed E-state index contributed by atoms with van der Waals surface area (Å²) in [7, 11) is 2.05. The summed E-state index contributed by atoms with van der Waals surface area (Å²) in [4.78, 5) is 6.62. The average Bonchev–Trinajstić information content (AvgIpc) is 2.36. The molecule has 0 aromatic heterocycles. The summed E-state index contributed by atoms with van der Waals surface area (Å²) in [5, 5.41) is 0.711. The molecule has 1 rings (SSSR count). The fraction of sp³-hybridized carbons (Fsp3) is 0.533. The maximum atomic E-state index is 14.3. The van der Waals surface area contributed by atoms with Crippen molar-refractivity contribution in [3.8, 4) is 0 Å². The van der Waals surface area contributed by atoms with Gasteiger partial charge in [0.15, 0.2) is 0 Å². The van der Waals surface area contributed by atoms with E-state index in [1.165, 1.54) is 0 Å². The van der Waals surface area contributed by atoms with Crippen molar-refractivity contribution in [3.63, 3.8) is 0 Å². The van der Waals surface area contributed by atoms with E-state index in [4.69, 9.17) is 0 Å². The number of anilines is 1. The van der Waals surface area contributed by atoms with Crippen LogP contribution in [0.1, 0.15) is 27.2 Å². The number of para-hydroxylation sites is 1. The smallest absolute Gasteiger partial charge is 0.108 e. The highest BCUT2D eigenvalue weighted by atomic mass is 32.1. The lowest BCUT2D eigenvalue weighted by atomic mass is 10.1. The Kier molecular flexibility index (Phi) is 6.02. The van der Waals surface area contributed by atoms with Gasteiger partial charge in [-0.3, -0.25) is 4.99 Å². The second kappa shape index (κ2) is 7.09. The van der Waals surface area contributed by atoms with Crippen LogP contribution < -0.4 is 5.12 Å². The van der Waals surface area contributed by atoms with Gasteiger partial charge in [0.2, 0.25) is 0 Å². The first-order valence-electron chi connectivity index (χ1n) is 6.70. The molecule has 3 nitrogen and oxygen atoms in total. The van der Waals surface area contributed by atoms with Crippen LogP contribution in [0.25, 0.3) is 0 Å². The molecule has 0 heterocycles. The monoisotopic (exact) mass is 297 g/mol. The quantitative estimate of drug-likeness (QED) is 0.484. The molecule has 0 fully saturated rings. The van der Waals surface area contributed by atoms with Crippen LogP contribution in [0.3, 0.4) is 0 Å². The summed E-state index contributed by atoms with van der Waals surface area (Å²) in [6.07, 6.45) is 0.725. The molecule has 0 aliphatic heterocycles. The van der Waals surface area contributed by atoms with E-state index in [0.29, 0.717) is 27.9 Å². The summed E-state index contributed by atoms with van der Waals surface area (Å²) < 4.78 is 14.3. The first-order valence-corrected chi connectivity index (χ1v) is 7.15. The second-order valence-corrected chi connectivity index (χ2v) is 6.32. The highest BCUT2D eigenvalue weighted by molar-refractivity contribution is 7.80. The largest absolute Gasteiger partial charge is 0.301 e. The molecule has 5 heteroatoms. The Labute approximate surface area is 126 Å². The molecule has 1 aromatic carbocycles. The van der Waals surface area contributed by atoms with E-state index in [-0.39, 0.29) is 5.54 Å². The van der Waals surface area contributed by atoms with Gasteiger partial charge in [-0.25, -0.2) is 5.12 Å². The highest BCUT2D eigenvalue weighted by Gasteiger charge is 2.18. The number of hydrogen-bond donors (Lipinski definition) is 1. The SMILES string of the molecule is C=Nc1cccc(S)c1N(F)CCCN(C)C(C)(C)C. The molecule has 0 amide bonds. The van der Waals surface area contributed by atoms with Crippen LogP contribution in [-0.4, -0.2) is 37.3 Å². The molecule has 1 aromatic rings. The normalized spacial score (nSPS) is 11.8. The Bertz CT molecular complexity index is 457. The number of nitrogens with zero attached hydrogens (tertiary/aromatic N) is 3. The minimum Gasteiger partial charge on any atom is -0.301 e. The van der Waals surface area contributed by atoms with Crippen molar-refractivity contribution in [2.24, 2.45) is 4.99 Å². The molecule has 20 heavy (non-hydrogen) atoms. The summed E-state index contributed by atoms with van der Waals surface area (Å²) in [5.41, 5.74) is 1.00. The molecule has 0 N–H and O–H groups in total. The van der Waals surface area contributed by atoms with E-state index in [0.717, 1.165) is 13.0 Å². The zero-order valence-corrected chi connectivity index (χ0v) is 13.6. The van der Waals surface area contributed by atoms with E-state index in [9.17, 15) is 4.48 Å². The zero-order chi connectivity index (χ0) is 15.3. The van der Waals surface area contributed by atoms with Gasteiger partial charge < -0.3 is 4.90 Å². The van der Waals surface area contributed by atoms with E-state index >= 15 is 0 Å². The Morgan fingerprint density at radius 3 is 2.50 bits per heavy atom. The minimum absolute atomic E-state index is 0.0937. The molecule has 0 unspecified atom stereocenters. The lowest BCUT2D eigenvalue weighted by molar-refractivity contribution is 0.172. The Hall–Kier alpha value is -1.07. The fourth-order valence-corrected chi connectivity index (χ4v) is 2.10. The number of hydrogen-bond acceptors (Lipinski definition) is 4. The number of benzene rings is 1. The van der Waals surface area contributed by atoms with Gasteiger partial charge in [0.05, 0.1) is 12.2 Å². The van der Waals surface area contributed by atoms with Gasteiger partial charge in [0.1, 0.15) is 5.69 Å². The first kappa shape index (κ1) is 17.0. The third kappa shape index (κ3) is 4.49. The number of halogens is 1. The Morgan fingerprint density at radius 2 is 1.95 bits per heavy atom. The molecule has 0 spiro atoms. The van der Waals surface area contributed by atoms with Crippen molar-refractivity contribution in [3.05, 3.63) is 18.2 Å². The van der Waals surface area contributed by atoms with Gasteiger partial charge in [0.25, 0.3) is 0 Å². The van der Waals surface area contributed by atoms with Gasteiger partial charge in [0, 0.05) is 17.0 Å². The highest BCUT2D eigenvalue weighted by Crippen LogP contribution is 2.34. The fourth-order valence-electron chi connectivity index (χ4n) is 1.79. The second-order valence-electron chi connectivity index (χ2n) is 5.83. The van der Waals surface area contributed by atoms with E-state index in [1.54, 1.807) is 18.2 Å². The molecule has 0 atom stereocenters. The third-order valence-electron chi connectivity index (χ3n) is 3.40. The van der Waals surface area contributed by atoms with Gasteiger partial charge in [-0.1, -0.05) is 10.5 Å². The third-order valence-corrected chi connectivity index (χ3v) is 3.76. The van der Waals surface area contributed by atoms with Gasteiger partial charge >= 0.3 is 0 Å². The summed E-state index contributed by atoms with van der Waals surface area (Å²) in [5.74, 6) is 0. The van der Waals surface area contributed by atoms with Crippen LogP contribution in [-0.2, 0) is 0 Å². The average molecular weight is 297 g/mol. The first-order chi connectivity index (χ1) is 9.27. The van der Waals surface area contributed by atoms with Crippen LogP contribution in [0.15, 0.2) is 28.1 Å². The topological polar surface area (TPSA) is 18.8 Å². The number of aliphatic imine (C=N–C) groups is 1. The molecule has 0 aliphatic carbocycles. The molecular formula is C15H24FN3S. The molecular weight excluding hydrogens is 273 g/mol. The van der Waals surface area contributed by atoms with E-state index < -0.39 is 0 Å². The van der Waals surface area contributed by atoms with Crippen LogP contribution >= 0.6 is 12.6 Å². The van der Waals surface area contributed by atoms with Crippen LogP contribution in [0, 0.1) is 0 Å². The Balaban J connectivity index is 2.64. The van der Waals surface area contributed by atoms with E-state index in [2.05, 4.69) is 50.0 Å². The molecule has 0 saturated carbocycles. The van der Waals surface area contributed by atoms with Crippen molar-refractivity contribution >= 4 is 30.7 Å². The van der Waals surface area contributed by atoms with Gasteiger partial charge in [-0.05, 0) is 53.1 Å². The van der Waals surface area contributed by atoms with Crippen molar-refractivity contribution in [2.75, 3.05) is 25.3 Å². The predicted octanol–water partition coefficient (Wildman–Crippen LogP) is 4.12. The summed E-state index contributed by atoms with van der Waals surface area (Å²) >= 11 is 4.29. The van der Waals surface area contributed by atoms with Crippen LogP contribution in [0.2, 0.25) is 0 Å². The van der Waals surface area contributed by atoms with Crippen molar-refractivity contribution in [1.82, 2.24) is 4.90 Å². The predicted molar refractivity (Wildman–Crippen MR) is 88.4 cm³/mol. The lowest BCUT2D eigenvalue weighted by Gasteiger charge is -2.32. The lowest BCUT2D eigenvalue weighted by Crippen LogP contribution is -2.39.